The molecule has 2 N–H and O–H groups in total. The van der Waals surface area contributed by atoms with Crippen molar-refractivity contribution >= 4 is 11.7 Å². The van der Waals surface area contributed by atoms with E-state index >= 15 is 0 Å². The van der Waals surface area contributed by atoms with Crippen LogP contribution in [-0.2, 0) is 12.7 Å². The minimum absolute atomic E-state index is 0.149. The molecule has 1 aromatic carbocycles. The number of alkyl halides is 3. The highest BCUT2D eigenvalue weighted by Crippen LogP contribution is 2.31. The fourth-order valence-corrected chi connectivity index (χ4v) is 1.79. The van der Waals surface area contributed by atoms with Crippen LogP contribution in [0.1, 0.15) is 15.9 Å². The van der Waals surface area contributed by atoms with Crippen molar-refractivity contribution in [2.24, 2.45) is 0 Å². The number of aromatic nitrogens is 2. The van der Waals surface area contributed by atoms with Crippen LogP contribution in [0.5, 0.6) is 0 Å². The zero-order valence-corrected chi connectivity index (χ0v) is 10.8. The minimum atomic E-state index is -4.57. The topological polar surface area (TPSA) is 67.2 Å². The van der Waals surface area contributed by atoms with E-state index in [2.05, 4.69) is 10.3 Å². The number of imidazole rings is 1. The summed E-state index contributed by atoms with van der Waals surface area (Å²) in [6, 6.07) is 2.61. The van der Waals surface area contributed by atoms with E-state index in [0.29, 0.717) is 19.2 Å². The normalized spacial score (nSPS) is 11.4. The van der Waals surface area contributed by atoms with Crippen molar-refractivity contribution < 1.29 is 23.1 Å². The molecule has 0 aliphatic rings. The van der Waals surface area contributed by atoms with E-state index in [-0.39, 0.29) is 5.69 Å². The van der Waals surface area contributed by atoms with Crippen molar-refractivity contribution in [2.45, 2.75) is 12.7 Å². The summed E-state index contributed by atoms with van der Waals surface area (Å²) in [5.41, 5.74) is -1.24. The Morgan fingerprint density at radius 3 is 2.71 bits per heavy atom. The van der Waals surface area contributed by atoms with E-state index in [0.717, 1.165) is 12.1 Å². The van der Waals surface area contributed by atoms with Crippen molar-refractivity contribution in [2.75, 3.05) is 11.9 Å². The van der Waals surface area contributed by atoms with Gasteiger partial charge in [-0.05, 0) is 18.2 Å². The Labute approximate surface area is 118 Å². The predicted octanol–water partition coefficient (Wildman–Crippen LogP) is 2.71. The Morgan fingerprint density at radius 2 is 2.14 bits per heavy atom. The van der Waals surface area contributed by atoms with E-state index < -0.39 is 23.3 Å². The van der Waals surface area contributed by atoms with Gasteiger partial charge >= 0.3 is 12.1 Å². The first-order valence-corrected chi connectivity index (χ1v) is 6.02. The highest BCUT2D eigenvalue weighted by Gasteiger charge is 2.31. The Balaban J connectivity index is 2.13. The molecule has 112 valence electrons. The summed E-state index contributed by atoms with van der Waals surface area (Å²) in [5.74, 6) is -1.41. The monoisotopic (exact) mass is 299 g/mol. The van der Waals surface area contributed by atoms with Gasteiger partial charge in [0.1, 0.15) is 0 Å². The third kappa shape index (κ3) is 3.74. The fraction of sp³-hybridized carbons (Fsp3) is 0.231. The van der Waals surface area contributed by atoms with Gasteiger partial charge in [-0.15, -0.1) is 0 Å². The number of hydrogen-bond donors (Lipinski definition) is 2. The summed E-state index contributed by atoms with van der Waals surface area (Å²) in [5, 5.41) is 11.8. The maximum Gasteiger partial charge on any atom is 0.416 e. The maximum absolute atomic E-state index is 12.6. The van der Waals surface area contributed by atoms with Crippen molar-refractivity contribution in [3.63, 3.8) is 0 Å². The van der Waals surface area contributed by atoms with Crippen LogP contribution in [0.2, 0.25) is 0 Å². The second-order valence-corrected chi connectivity index (χ2v) is 4.29. The van der Waals surface area contributed by atoms with Gasteiger partial charge in [-0.25, -0.2) is 9.78 Å². The number of hydrogen-bond acceptors (Lipinski definition) is 3. The van der Waals surface area contributed by atoms with Crippen LogP contribution < -0.4 is 5.32 Å². The molecule has 1 heterocycles. The van der Waals surface area contributed by atoms with Crippen LogP contribution in [0.25, 0.3) is 0 Å². The summed E-state index contributed by atoms with van der Waals surface area (Å²) in [4.78, 5) is 14.9. The van der Waals surface area contributed by atoms with E-state index in [1.807, 2.05) is 0 Å². The van der Waals surface area contributed by atoms with E-state index in [1.54, 1.807) is 23.3 Å². The summed E-state index contributed by atoms with van der Waals surface area (Å²) in [6.07, 6.45) is 0.347. The molecule has 0 aliphatic heterocycles. The molecule has 8 heteroatoms. The van der Waals surface area contributed by atoms with Crippen LogP contribution >= 0.6 is 0 Å². The second kappa shape index (κ2) is 5.86. The Bertz CT molecular complexity index is 624. The standard InChI is InChI=1S/C13H12F3N3O2/c14-13(15,16)9-1-2-11(10(7-9)12(20)21)18-4-6-19-5-3-17-8-19/h1-3,5,7-8,18H,4,6H2,(H,20,21). The van der Waals surface area contributed by atoms with Gasteiger partial charge in [0, 0.05) is 31.2 Å². The van der Waals surface area contributed by atoms with Gasteiger partial charge in [-0.3, -0.25) is 0 Å². The lowest BCUT2D eigenvalue weighted by atomic mass is 10.1. The summed E-state index contributed by atoms with van der Waals surface area (Å²) >= 11 is 0. The summed E-state index contributed by atoms with van der Waals surface area (Å²) < 4.78 is 39.5. The quantitative estimate of drug-likeness (QED) is 0.891. The molecule has 21 heavy (non-hydrogen) atoms. The molecule has 0 unspecified atom stereocenters. The van der Waals surface area contributed by atoms with E-state index in [1.165, 1.54) is 0 Å². The maximum atomic E-state index is 12.6. The number of benzene rings is 1. The molecule has 5 nitrogen and oxygen atoms in total. The molecule has 0 amide bonds. The van der Waals surface area contributed by atoms with Gasteiger partial charge in [0.2, 0.25) is 0 Å². The molecule has 0 bridgehead atoms. The van der Waals surface area contributed by atoms with Gasteiger partial charge in [0.05, 0.1) is 17.5 Å². The second-order valence-electron chi connectivity index (χ2n) is 4.29. The fourth-order valence-electron chi connectivity index (χ4n) is 1.79. The molecular weight excluding hydrogens is 287 g/mol. The molecule has 0 radical (unpaired) electrons. The number of nitrogens with one attached hydrogen (secondary N) is 1. The third-order valence-electron chi connectivity index (χ3n) is 2.82. The molecule has 1 aromatic heterocycles. The van der Waals surface area contributed by atoms with Gasteiger partial charge in [-0.2, -0.15) is 13.2 Å². The van der Waals surface area contributed by atoms with Crippen molar-refractivity contribution in [3.05, 3.63) is 48.0 Å². The van der Waals surface area contributed by atoms with Gasteiger partial charge in [0.25, 0.3) is 0 Å². The van der Waals surface area contributed by atoms with Gasteiger partial charge < -0.3 is 15.0 Å². The van der Waals surface area contributed by atoms with Crippen molar-refractivity contribution in [3.8, 4) is 0 Å². The summed E-state index contributed by atoms with van der Waals surface area (Å²) in [7, 11) is 0. The largest absolute Gasteiger partial charge is 0.478 e. The SMILES string of the molecule is O=C(O)c1cc(C(F)(F)F)ccc1NCCn1ccnc1. The molecular formula is C13H12F3N3O2. The average molecular weight is 299 g/mol. The molecule has 0 saturated heterocycles. The number of carbonyl (C=O) groups is 1. The molecule has 0 spiro atoms. The molecule has 2 aromatic rings. The number of nitrogens with zero attached hydrogens (tertiary/aromatic N) is 2. The first-order chi connectivity index (χ1) is 9.88. The van der Waals surface area contributed by atoms with Crippen molar-refractivity contribution in [1.29, 1.82) is 0 Å². The number of carboxylic acid groups (broad SMARTS) is 1. The molecule has 0 atom stereocenters. The van der Waals surface area contributed by atoms with Crippen LogP contribution in [0, 0.1) is 0 Å². The number of carboxylic acids is 1. The lowest BCUT2D eigenvalue weighted by molar-refractivity contribution is -0.137. The Kier molecular flexibility index (Phi) is 4.15. The number of halogens is 3. The van der Waals surface area contributed by atoms with Crippen LogP contribution in [0.15, 0.2) is 36.9 Å². The number of aromatic carboxylic acids is 1. The number of anilines is 1. The minimum Gasteiger partial charge on any atom is -0.478 e. The van der Waals surface area contributed by atoms with Gasteiger partial charge in [-0.1, -0.05) is 0 Å². The number of rotatable bonds is 5. The lowest BCUT2D eigenvalue weighted by Crippen LogP contribution is -2.14. The van der Waals surface area contributed by atoms with Crippen LogP contribution in [0.4, 0.5) is 18.9 Å². The molecule has 0 saturated carbocycles. The van der Waals surface area contributed by atoms with Crippen LogP contribution in [-0.4, -0.2) is 27.2 Å². The Morgan fingerprint density at radius 1 is 1.38 bits per heavy atom. The Hall–Kier alpha value is -2.51. The predicted molar refractivity (Wildman–Crippen MR) is 69.1 cm³/mol. The highest BCUT2D eigenvalue weighted by molar-refractivity contribution is 5.94. The van der Waals surface area contributed by atoms with Gasteiger partial charge in [0.15, 0.2) is 0 Å². The van der Waals surface area contributed by atoms with Crippen LogP contribution in [0.3, 0.4) is 0 Å². The lowest BCUT2D eigenvalue weighted by Gasteiger charge is -2.13. The highest BCUT2D eigenvalue weighted by atomic mass is 19.4. The molecule has 0 aliphatic carbocycles. The van der Waals surface area contributed by atoms with Crippen molar-refractivity contribution in [1.82, 2.24) is 9.55 Å². The first kappa shape index (κ1) is 14.9. The molecule has 0 fully saturated rings. The zero-order valence-electron chi connectivity index (χ0n) is 10.8. The first-order valence-electron chi connectivity index (χ1n) is 6.02. The zero-order chi connectivity index (χ0) is 15.5. The van der Waals surface area contributed by atoms with E-state index in [4.69, 9.17) is 5.11 Å². The third-order valence-corrected chi connectivity index (χ3v) is 2.82. The smallest absolute Gasteiger partial charge is 0.416 e. The van der Waals surface area contributed by atoms with E-state index in [9.17, 15) is 18.0 Å². The summed E-state index contributed by atoms with van der Waals surface area (Å²) in [6.45, 7) is 0.877. The average Bonchev–Trinajstić information content (AvgIpc) is 2.90. The molecule has 2 rings (SSSR count).